The van der Waals surface area contributed by atoms with Crippen LogP contribution in [0, 0.1) is 32.1 Å². The van der Waals surface area contributed by atoms with Gasteiger partial charge in [0, 0.05) is 11.3 Å². The summed E-state index contributed by atoms with van der Waals surface area (Å²) in [5.74, 6) is 0.645. The zero-order valence-corrected chi connectivity index (χ0v) is 20.9. The Labute approximate surface area is 211 Å². The van der Waals surface area contributed by atoms with Gasteiger partial charge in [0.2, 0.25) is 0 Å². The molecule has 4 aromatic rings. The molecule has 1 amide bonds. The summed E-state index contributed by atoms with van der Waals surface area (Å²) in [6, 6.07) is 25.5. The molecule has 0 saturated heterocycles. The van der Waals surface area contributed by atoms with Crippen LogP contribution in [0.1, 0.15) is 27.8 Å². The lowest BCUT2D eigenvalue weighted by molar-refractivity contribution is -0.112. The van der Waals surface area contributed by atoms with E-state index in [1.807, 2.05) is 50.2 Å². The van der Waals surface area contributed by atoms with Gasteiger partial charge in [-0.25, -0.2) is 0 Å². The second-order valence-electron chi connectivity index (χ2n) is 8.65. The number of hydrogen-bond acceptors (Lipinski definition) is 4. The Morgan fingerprint density at radius 3 is 2.53 bits per heavy atom. The number of nitrogens with one attached hydrogen (secondary N) is 1. The molecule has 0 heterocycles. The van der Waals surface area contributed by atoms with E-state index in [9.17, 15) is 10.1 Å². The first-order chi connectivity index (χ1) is 17.4. The van der Waals surface area contributed by atoms with E-state index in [0.717, 1.165) is 33.0 Å². The number of fused-ring (bicyclic) bond motifs is 1. The van der Waals surface area contributed by atoms with E-state index in [2.05, 4.69) is 36.5 Å². The van der Waals surface area contributed by atoms with Crippen molar-refractivity contribution in [1.29, 1.82) is 5.26 Å². The van der Waals surface area contributed by atoms with Crippen LogP contribution in [0.5, 0.6) is 11.5 Å². The minimum Gasteiger partial charge on any atom is -0.493 e. The summed E-state index contributed by atoms with van der Waals surface area (Å²) in [5.41, 5.74) is 5.65. The van der Waals surface area contributed by atoms with E-state index >= 15 is 0 Å². The monoisotopic (exact) mass is 476 g/mol. The number of aryl methyl sites for hydroxylation is 2. The van der Waals surface area contributed by atoms with E-state index in [-0.39, 0.29) is 5.57 Å². The summed E-state index contributed by atoms with van der Waals surface area (Å²) < 4.78 is 11.7. The zero-order valence-electron chi connectivity index (χ0n) is 20.9. The molecule has 0 fully saturated rings. The standard InChI is InChI=1S/C31H28N2O3/c1-20-8-7-11-28(22(20)3)33-31(34)25(18-32)16-23-13-15-29(30(17-23)35-4)36-19-27-21(2)12-14-24-9-5-6-10-26(24)27/h5-17H,19H2,1-4H3,(H,33,34)/b25-16+. The fourth-order valence-corrected chi connectivity index (χ4v) is 4.07. The molecule has 5 heteroatoms. The number of nitriles is 1. The van der Waals surface area contributed by atoms with Crippen LogP contribution in [-0.4, -0.2) is 13.0 Å². The molecule has 0 bridgehead atoms. The second kappa shape index (κ2) is 10.8. The van der Waals surface area contributed by atoms with Gasteiger partial charge in [-0.3, -0.25) is 4.79 Å². The number of carbonyl (C=O) groups excluding carboxylic acids is 1. The zero-order chi connectivity index (χ0) is 25.7. The number of ether oxygens (including phenoxy) is 2. The number of rotatable bonds is 7. The molecule has 180 valence electrons. The molecule has 5 nitrogen and oxygen atoms in total. The topological polar surface area (TPSA) is 71.3 Å². The lowest BCUT2D eigenvalue weighted by atomic mass is 10.0. The number of carbonyl (C=O) groups is 1. The van der Waals surface area contributed by atoms with E-state index in [1.165, 1.54) is 0 Å². The number of hydrogen-bond donors (Lipinski definition) is 1. The molecule has 0 aliphatic carbocycles. The molecular weight excluding hydrogens is 448 g/mol. The molecule has 4 aromatic carbocycles. The van der Waals surface area contributed by atoms with E-state index in [0.29, 0.717) is 29.4 Å². The van der Waals surface area contributed by atoms with Crippen molar-refractivity contribution in [3.8, 4) is 17.6 Å². The number of methoxy groups -OCH3 is 1. The average molecular weight is 477 g/mol. The summed E-state index contributed by atoms with van der Waals surface area (Å²) in [6.45, 7) is 6.37. The first-order valence-electron chi connectivity index (χ1n) is 11.7. The van der Waals surface area contributed by atoms with Crippen LogP contribution in [0.25, 0.3) is 16.8 Å². The third kappa shape index (κ3) is 5.24. The van der Waals surface area contributed by atoms with Gasteiger partial charge in [-0.1, -0.05) is 54.6 Å². The second-order valence-corrected chi connectivity index (χ2v) is 8.65. The van der Waals surface area contributed by atoms with Crippen LogP contribution in [0.3, 0.4) is 0 Å². The van der Waals surface area contributed by atoms with Crippen molar-refractivity contribution in [2.24, 2.45) is 0 Å². The molecule has 0 radical (unpaired) electrons. The Morgan fingerprint density at radius 2 is 1.75 bits per heavy atom. The summed E-state index contributed by atoms with van der Waals surface area (Å²) >= 11 is 0. The lowest BCUT2D eigenvalue weighted by Crippen LogP contribution is -2.14. The van der Waals surface area contributed by atoms with Crippen LogP contribution in [-0.2, 0) is 11.4 Å². The highest BCUT2D eigenvalue weighted by molar-refractivity contribution is 6.10. The van der Waals surface area contributed by atoms with Crippen molar-refractivity contribution in [2.45, 2.75) is 27.4 Å². The molecule has 0 unspecified atom stereocenters. The van der Waals surface area contributed by atoms with E-state index in [1.54, 1.807) is 31.4 Å². The van der Waals surface area contributed by atoms with Gasteiger partial charge in [0.25, 0.3) is 5.91 Å². The van der Waals surface area contributed by atoms with E-state index < -0.39 is 5.91 Å². The van der Waals surface area contributed by atoms with Crippen LogP contribution in [0.15, 0.2) is 78.4 Å². The minimum atomic E-state index is -0.461. The van der Waals surface area contributed by atoms with Gasteiger partial charge in [0.05, 0.1) is 7.11 Å². The normalized spacial score (nSPS) is 11.1. The quantitative estimate of drug-likeness (QED) is 0.233. The minimum absolute atomic E-state index is 0.00184. The predicted octanol–water partition coefficient (Wildman–Crippen LogP) is 6.90. The number of amides is 1. The fourth-order valence-electron chi connectivity index (χ4n) is 4.07. The third-order valence-electron chi connectivity index (χ3n) is 6.36. The maximum absolute atomic E-state index is 12.8. The predicted molar refractivity (Wildman–Crippen MR) is 144 cm³/mol. The first-order valence-corrected chi connectivity index (χ1v) is 11.7. The number of nitrogens with zero attached hydrogens (tertiary/aromatic N) is 1. The van der Waals surface area contributed by atoms with Gasteiger partial charge in [0.1, 0.15) is 18.2 Å². The smallest absolute Gasteiger partial charge is 0.266 e. The van der Waals surface area contributed by atoms with Gasteiger partial charge in [-0.05, 0) is 78.1 Å². The average Bonchev–Trinajstić information content (AvgIpc) is 2.89. The molecule has 0 saturated carbocycles. The van der Waals surface area contributed by atoms with Gasteiger partial charge in [0.15, 0.2) is 11.5 Å². The Hall–Kier alpha value is -4.56. The van der Waals surface area contributed by atoms with Crippen molar-refractivity contribution < 1.29 is 14.3 Å². The largest absolute Gasteiger partial charge is 0.493 e. The Balaban J connectivity index is 1.55. The van der Waals surface area contributed by atoms with Gasteiger partial charge in [-0.2, -0.15) is 5.26 Å². The summed E-state index contributed by atoms with van der Waals surface area (Å²) in [7, 11) is 1.57. The Morgan fingerprint density at radius 1 is 0.944 bits per heavy atom. The first kappa shape index (κ1) is 24.6. The summed E-state index contributed by atoms with van der Waals surface area (Å²) in [5, 5.41) is 14.8. The fraction of sp³-hybridized carbons (Fsp3) is 0.161. The molecule has 0 aromatic heterocycles. The van der Waals surface area contributed by atoms with Crippen molar-refractivity contribution in [2.75, 3.05) is 12.4 Å². The Kier molecular flexibility index (Phi) is 7.36. The van der Waals surface area contributed by atoms with Crippen molar-refractivity contribution in [3.05, 3.63) is 106 Å². The summed E-state index contributed by atoms with van der Waals surface area (Å²) in [4.78, 5) is 12.8. The van der Waals surface area contributed by atoms with Crippen LogP contribution in [0.2, 0.25) is 0 Å². The molecular formula is C31H28N2O3. The molecule has 0 spiro atoms. The maximum Gasteiger partial charge on any atom is 0.266 e. The molecule has 1 N–H and O–H groups in total. The van der Waals surface area contributed by atoms with E-state index in [4.69, 9.17) is 9.47 Å². The van der Waals surface area contributed by atoms with Crippen molar-refractivity contribution in [1.82, 2.24) is 0 Å². The molecule has 4 rings (SSSR count). The molecule has 0 aliphatic heterocycles. The van der Waals surface area contributed by atoms with Crippen LogP contribution in [0.4, 0.5) is 5.69 Å². The highest BCUT2D eigenvalue weighted by atomic mass is 16.5. The molecule has 0 atom stereocenters. The van der Waals surface area contributed by atoms with Gasteiger partial charge >= 0.3 is 0 Å². The maximum atomic E-state index is 12.8. The van der Waals surface area contributed by atoms with Crippen LogP contribution < -0.4 is 14.8 Å². The molecule has 36 heavy (non-hydrogen) atoms. The number of benzene rings is 4. The lowest BCUT2D eigenvalue weighted by Gasteiger charge is -2.14. The van der Waals surface area contributed by atoms with Gasteiger partial charge < -0.3 is 14.8 Å². The molecule has 0 aliphatic rings. The summed E-state index contributed by atoms with van der Waals surface area (Å²) in [6.07, 6.45) is 1.54. The number of anilines is 1. The Bertz CT molecular complexity index is 1510. The highest BCUT2D eigenvalue weighted by Gasteiger charge is 2.13. The third-order valence-corrected chi connectivity index (χ3v) is 6.36. The highest BCUT2D eigenvalue weighted by Crippen LogP contribution is 2.31. The SMILES string of the molecule is COc1cc(/C=C(\C#N)C(=O)Nc2cccc(C)c2C)ccc1OCc1c(C)ccc2ccccc12. The van der Waals surface area contributed by atoms with Gasteiger partial charge in [-0.15, -0.1) is 0 Å². The van der Waals surface area contributed by atoms with Crippen LogP contribution >= 0.6 is 0 Å². The van der Waals surface area contributed by atoms with Crippen molar-refractivity contribution >= 4 is 28.4 Å². The van der Waals surface area contributed by atoms with Crippen molar-refractivity contribution in [3.63, 3.8) is 0 Å².